The molecule has 1 aromatic heterocycles. The number of hydrogen-bond donors (Lipinski definition) is 1. The molecule has 0 radical (unpaired) electrons. The minimum Gasteiger partial charge on any atom is -0.463 e. The predicted molar refractivity (Wildman–Crippen MR) is 78.2 cm³/mol. The molecule has 0 aliphatic rings. The smallest absolute Gasteiger partial charge is 0.373 e. The van der Waals surface area contributed by atoms with Gasteiger partial charge in [0, 0.05) is 15.1 Å². The first-order valence-electron chi connectivity index (χ1n) is 5.45. The molecule has 6 heteroatoms. The summed E-state index contributed by atoms with van der Waals surface area (Å²) in [4.78, 5) is 12.2. The van der Waals surface area contributed by atoms with Crippen LogP contribution in [0.5, 0.6) is 0 Å². The van der Waals surface area contributed by atoms with Crippen LogP contribution in [0, 0.1) is 0 Å². The number of benzene rings is 1. The number of carbonyl (C=O) groups is 1. The van der Waals surface area contributed by atoms with E-state index in [0.717, 1.165) is 9.37 Å². The number of nitrogen functional groups attached to an aromatic ring is 1. The highest BCUT2D eigenvalue weighted by Crippen LogP contribution is 2.31. The molecule has 0 saturated heterocycles. The molecular formula is C13H12BrNO3S. The average Bonchev–Trinajstić information content (AvgIpc) is 2.88. The van der Waals surface area contributed by atoms with Gasteiger partial charge in [-0.15, -0.1) is 11.8 Å². The van der Waals surface area contributed by atoms with Crippen LogP contribution in [0.1, 0.15) is 16.3 Å². The Morgan fingerprint density at radius 2 is 2.21 bits per heavy atom. The fourth-order valence-corrected chi connectivity index (χ4v) is 2.86. The van der Waals surface area contributed by atoms with Crippen molar-refractivity contribution >= 4 is 39.3 Å². The Morgan fingerprint density at radius 1 is 1.42 bits per heavy atom. The lowest BCUT2D eigenvalue weighted by molar-refractivity contribution is 0.0563. The van der Waals surface area contributed by atoms with Gasteiger partial charge in [-0.1, -0.05) is 15.9 Å². The maximum absolute atomic E-state index is 11.3. The molecule has 0 spiro atoms. The molecule has 4 nitrogen and oxygen atoms in total. The van der Waals surface area contributed by atoms with Gasteiger partial charge < -0.3 is 14.9 Å². The molecule has 0 unspecified atom stereocenters. The summed E-state index contributed by atoms with van der Waals surface area (Å²) in [6, 6.07) is 9.04. The summed E-state index contributed by atoms with van der Waals surface area (Å²) in [5, 5.41) is 0. The van der Waals surface area contributed by atoms with Crippen LogP contribution in [0.3, 0.4) is 0 Å². The van der Waals surface area contributed by atoms with E-state index in [4.69, 9.17) is 10.2 Å². The van der Waals surface area contributed by atoms with E-state index in [1.54, 1.807) is 23.9 Å². The number of anilines is 1. The SMILES string of the molecule is COC(=O)c1ccc(CSc2cc(Br)ccc2N)o1. The van der Waals surface area contributed by atoms with Crippen molar-refractivity contribution in [2.75, 3.05) is 12.8 Å². The van der Waals surface area contributed by atoms with Gasteiger partial charge in [0.05, 0.1) is 12.9 Å². The molecule has 0 bridgehead atoms. The number of esters is 1. The van der Waals surface area contributed by atoms with Crippen molar-refractivity contribution in [2.45, 2.75) is 10.6 Å². The summed E-state index contributed by atoms with van der Waals surface area (Å²) in [7, 11) is 1.32. The zero-order valence-corrected chi connectivity index (χ0v) is 12.6. The van der Waals surface area contributed by atoms with Crippen LogP contribution < -0.4 is 5.73 Å². The minimum atomic E-state index is -0.474. The average molecular weight is 342 g/mol. The Bertz CT molecular complexity index is 597. The van der Waals surface area contributed by atoms with Gasteiger partial charge in [0.15, 0.2) is 0 Å². The van der Waals surface area contributed by atoms with Crippen LogP contribution in [0.25, 0.3) is 0 Å². The molecule has 0 aliphatic heterocycles. The molecule has 0 aliphatic carbocycles. The third-order valence-corrected chi connectivity index (χ3v) is 3.98. The predicted octanol–water partition coefficient (Wildman–Crippen LogP) is 3.70. The highest BCUT2D eigenvalue weighted by molar-refractivity contribution is 9.10. The van der Waals surface area contributed by atoms with Gasteiger partial charge >= 0.3 is 5.97 Å². The molecule has 1 aromatic carbocycles. The van der Waals surface area contributed by atoms with Crippen LogP contribution in [0.15, 0.2) is 44.1 Å². The lowest BCUT2D eigenvalue weighted by Gasteiger charge is -2.04. The Kier molecular flexibility index (Phi) is 4.55. The molecule has 1 heterocycles. The Labute approximate surface area is 123 Å². The monoisotopic (exact) mass is 341 g/mol. The summed E-state index contributed by atoms with van der Waals surface area (Å²) in [6.45, 7) is 0. The highest BCUT2D eigenvalue weighted by atomic mass is 79.9. The van der Waals surface area contributed by atoms with Crippen molar-refractivity contribution < 1.29 is 13.9 Å². The Morgan fingerprint density at radius 3 is 2.95 bits per heavy atom. The Balaban J connectivity index is 2.04. The van der Waals surface area contributed by atoms with E-state index in [-0.39, 0.29) is 5.76 Å². The number of methoxy groups -OCH3 is 1. The number of hydrogen-bond acceptors (Lipinski definition) is 5. The van der Waals surface area contributed by atoms with E-state index in [9.17, 15) is 4.79 Å². The maximum atomic E-state index is 11.3. The molecule has 2 aromatic rings. The number of thioether (sulfide) groups is 1. The second kappa shape index (κ2) is 6.16. The van der Waals surface area contributed by atoms with Crippen molar-refractivity contribution in [2.24, 2.45) is 0 Å². The van der Waals surface area contributed by atoms with E-state index < -0.39 is 5.97 Å². The fraction of sp³-hybridized carbons (Fsp3) is 0.154. The van der Waals surface area contributed by atoms with E-state index >= 15 is 0 Å². The maximum Gasteiger partial charge on any atom is 0.373 e. The number of carbonyl (C=O) groups excluding carboxylic acids is 1. The summed E-state index contributed by atoms with van der Waals surface area (Å²) in [5.74, 6) is 1.03. The van der Waals surface area contributed by atoms with Crippen molar-refractivity contribution in [1.29, 1.82) is 0 Å². The molecule has 19 heavy (non-hydrogen) atoms. The summed E-state index contributed by atoms with van der Waals surface area (Å²) < 4.78 is 10.9. The van der Waals surface area contributed by atoms with Crippen molar-refractivity contribution in [3.8, 4) is 0 Å². The van der Waals surface area contributed by atoms with Crippen LogP contribution >= 0.6 is 27.7 Å². The molecule has 100 valence electrons. The number of ether oxygens (including phenoxy) is 1. The summed E-state index contributed by atoms with van der Waals surface area (Å²) in [6.07, 6.45) is 0. The Hall–Kier alpha value is -1.40. The molecule has 0 fully saturated rings. The second-order valence-electron chi connectivity index (χ2n) is 3.73. The van der Waals surface area contributed by atoms with Crippen LogP contribution in [-0.2, 0) is 10.5 Å². The number of rotatable bonds is 4. The highest BCUT2D eigenvalue weighted by Gasteiger charge is 2.11. The zero-order chi connectivity index (χ0) is 13.8. The van der Waals surface area contributed by atoms with Gasteiger partial charge in [-0.2, -0.15) is 0 Å². The number of furan rings is 1. The number of nitrogens with two attached hydrogens (primary N) is 1. The van der Waals surface area contributed by atoms with Gasteiger partial charge in [-0.3, -0.25) is 0 Å². The fourth-order valence-electron chi connectivity index (χ4n) is 1.45. The van der Waals surface area contributed by atoms with Gasteiger partial charge in [0.25, 0.3) is 0 Å². The zero-order valence-electron chi connectivity index (χ0n) is 10.2. The molecule has 2 N–H and O–H groups in total. The van der Waals surface area contributed by atoms with Crippen molar-refractivity contribution in [3.05, 3.63) is 46.3 Å². The quantitative estimate of drug-likeness (QED) is 0.521. The first-order chi connectivity index (χ1) is 9.10. The third kappa shape index (κ3) is 3.54. The van der Waals surface area contributed by atoms with E-state index in [1.165, 1.54) is 7.11 Å². The van der Waals surface area contributed by atoms with E-state index in [2.05, 4.69) is 20.7 Å². The normalized spacial score (nSPS) is 10.4. The van der Waals surface area contributed by atoms with E-state index in [0.29, 0.717) is 17.2 Å². The van der Waals surface area contributed by atoms with Gasteiger partial charge in [-0.25, -0.2) is 4.79 Å². The molecule has 0 atom stereocenters. The first-order valence-corrected chi connectivity index (χ1v) is 7.23. The van der Waals surface area contributed by atoms with Crippen LogP contribution in [0.4, 0.5) is 5.69 Å². The molecule has 0 saturated carbocycles. The third-order valence-electron chi connectivity index (χ3n) is 2.39. The first kappa shape index (κ1) is 14.0. The summed E-state index contributed by atoms with van der Waals surface area (Å²) >= 11 is 4.95. The lowest BCUT2D eigenvalue weighted by atomic mass is 10.3. The lowest BCUT2D eigenvalue weighted by Crippen LogP contribution is -1.98. The minimum absolute atomic E-state index is 0.209. The van der Waals surface area contributed by atoms with Gasteiger partial charge in [-0.05, 0) is 30.3 Å². The van der Waals surface area contributed by atoms with Gasteiger partial charge in [0.1, 0.15) is 5.76 Å². The topological polar surface area (TPSA) is 65.5 Å². The standard InChI is InChI=1S/C13H12BrNO3S/c1-17-13(16)11-5-3-9(18-11)7-19-12-6-8(14)2-4-10(12)15/h2-6H,7,15H2,1H3. The second-order valence-corrected chi connectivity index (χ2v) is 5.66. The van der Waals surface area contributed by atoms with Crippen LogP contribution in [-0.4, -0.2) is 13.1 Å². The number of halogens is 1. The molecule has 2 rings (SSSR count). The van der Waals surface area contributed by atoms with Crippen LogP contribution in [0.2, 0.25) is 0 Å². The summed E-state index contributed by atoms with van der Waals surface area (Å²) in [5.41, 5.74) is 6.60. The van der Waals surface area contributed by atoms with E-state index in [1.807, 2.05) is 18.2 Å². The molecule has 0 amide bonds. The van der Waals surface area contributed by atoms with Crippen molar-refractivity contribution in [1.82, 2.24) is 0 Å². The molecular weight excluding hydrogens is 330 g/mol. The largest absolute Gasteiger partial charge is 0.463 e. The van der Waals surface area contributed by atoms with Crippen molar-refractivity contribution in [3.63, 3.8) is 0 Å². The van der Waals surface area contributed by atoms with Gasteiger partial charge in [0.2, 0.25) is 5.76 Å².